The maximum atomic E-state index is 14.3. The van der Waals surface area contributed by atoms with E-state index in [1.807, 2.05) is 4.90 Å². The van der Waals surface area contributed by atoms with E-state index in [2.05, 4.69) is 5.32 Å². The molecule has 2 fully saturated rings. The highest BCUT2D eigenvalue weighted by atomic mass is 19.1. The first-order chi connectivity index (χ1) is 14.8. The molecule has 31 heavy (non-hydrogen) atoms. The van der Waals surface area contributed by atoms with Crippen LogP contribution < -0.4 is 10.7 Å². The van der Waals surface area contributed by atoms with Crippen LogP contribution in [0.1, 0.15) is 64.2 Å². The Morgan fingerprint density at radius 1 is 1.29 bits per heavy atom. The number of carbonyl (C=O) groups excluding carboxylic acids is 2. The Morgan fingerprint density at radius 2 is 2.06 bits per heavy atom. The molecule has 5 rings (SSSR count). The van der Waals surface area contributed by atoms with Crippen LogP contribution in [0.15, 0.2) is 29.2 Å². The molecule has 1 aromatic carbocycles. The number of rotatable bonds is 3. The minimum atomic E-state index is -0.892. The van der Waals surface area contributed by atoms with Crippen molar-refractivity contribution in [2.75, 3.05) is 0 Å². The number of benzene rings is 1. The summed E-state index contributed by atoms with van der Waals surface area (Å²) in [4.78, 5) is 40.4. The Morgan fingerprint density at radius 3 is 2.81 bits per heavy atom. The van der Waals surface area contributed by atoms with Gasteiger partial charge in [-0.3, -0.25) is 14.4 Å². The van der Waals surface area contributed by atoms with Crippen LogP contribution in [0.4, 0.5) is 4.39 Å². The molecule has 2 bridgehead atoms. The summed E-state index contributed by atoms with van der Waals surface area (Å²) in [5, 5.41) is 13.2. The van der Waals surface area contributed by atoms with E-state index < -0.39 is 28.9 Å². The zero-order valence-corrected chi connectivity index (χ0v) is 17.4. The number of aromatic nitrogens is 1. The highest BCUT2D eigenvalue weighted by molar-refractivity contribution is 5.99. The normalized spacial score (nSPS) is 24.7. The van der Waals surface area contributed by atoms with Crippen molar-refractivity contribution in [3.05, 3.63) is 62.8 Å². The van der Waals surface area contributed by atoms with Gasteiger partial charge in [-0.15, -0.1) is 0 Å². The summed E-state index contributed by atoms with van der Waals surface area (Å²) < 4.78 is 15.8. The maximum Gasteiger partial charge on any atom is 0.275 e. The molecule has 2 amide bonds. The van der Waals surface area contributed by atoms with Crippen molar-refractivity contribution < 1.29 is 19.1 Å². The van der Waals surface area contributed by atoms with Gasteiger partial charge in [0.05, 0.1) is 12.1 Å². The lowest BCUT2D eigenvalue weighted by Crippen LogP contribution is -2.52. The molecule has 162 valence electrons. The van der Waals surface area contributed by atoms with Crippen molar-refractivity contribution in [1.29, 1.82) is 0 Å². The number of hydrogen-bond acceptors (Lipinski definition) is 4. The number of nitrogens with zero attached hydrogens (tertiary/aromatic N) is 2. The van der Waals surface area contributed by atoms with Gasteiger partial charge in [0.25, 0.3) is 11.8 Å². The average Bonchev–Trinajstić information content (AvgIpc) is 3.32. The Kier molecular flexibility index (Phi) is 4.42. The van der Waals surface area contributed by atoms with E-state index in [1.54, 1.807) is 26.0 Å². The molecule has 1 saturated heterocycles. The molecule has 2 aliphatic heterocycles. The van der Waals surface area contributed by atoms with Gasteiger partial charge in [0, 0.05) is 24.3 Å². The van der Waals surface area contributed by atoms with Crippen LogP contribution in [0, 0.1) is 18.7 Å². The fourth-order valence-electron chi connectivity index (χ4n) is 5.48. The number of aryl methyl sites for hydroxylation is 1. The molecular formula is C23H24FN3O4. The van der Waals surface area contributed by atoms with E-state index in [-0.39, 0.29) is 29.2 Å². The summed E-state index contributed by atoms with van der Waals surface area (Å²) in [6.45, 7) is 3.84. The largest absolute Gasteiger partial charge is 0.503 e. The van der Waals surface area contributed by atoms with Gasteiger partial charge in [-0.1, -0.05) is 12.1 Å². The minimum Gasteiger partial charge on any atom is -0.503 e. The number of hydrogen-bond donors (Lipinski definition) is 2. The molecule has 1 saturated carbocycles. The summed E-state index contributed by atoms with van der Waals surface area (Å²) in [6, 6.07) is 4.22. The molecule has 3 heterocycles. The quantitative estimate of drug-likeness (QED) is 0.791. The summed E-state index contributed by atoms with van der Waals surface area (Å²) in [7, 11) is 0. The second-order valence-corrected chi connectivity index (χ2v) is 8.95. The number of aromatic hydroxyl groups is 1. The Labute approximate surface area is 178 Å². The summed E-state index contributed by atoms with van der Waals surface area (Å²) in [5.41, 5.74) is -0.143. The van der Waals surface area contributed by atoms with Gasteiger partial charge in [0.15, 0.2) is 11.4 Å². The highest BCUT2D eigenvalue weighted by Gasteiger charge is 2.51. The van der Waals surface area contributed by atoms with E-state index in [9.17, 15) is 23.9 Å². The molecular weight excluding hydrogens is 401 g/mol. The molecule has 1 aromatic heterocycles. The first-order valence-electron chi connectivity index (χ1n) is 10.6. The molecule has 0 spiro atoms. The second kappa shape index (κ2) is 6.93. The molecule has 0 unspecified atom stereocenters. The van der Waals surface area contributed by atoms with Gasteiger partial charge in [0.1, 0.15) is 11.4 Å². The smallest absolute Gasteiger partial charge is 0.275 e. The maximum absolute atomic E-state index is 14.3. The Balaban J connectivity index is 1.46. The fraction of sp³-hybridized carbons (Fsp3) is 0.435. The van der Waals surface area contributed by atoms with Crippen LogP contribution in [-0.2, 0) is 6.54 Å². The zero-order chi connectivity index (χ0) is 22.0. The molecule has 7 nitrogen and oxygen atoms in total. The van der Waals surface area contributed by atoms with Gasteiger partial charge >= 0.3 is 0 Å². The van der Waals surface area contributed by atoms with E-state index in [4.69, 9.17) is 0 Å². The van der Waals surface area contributed by atoms with Crippen LogP contribution in [-0.4, -0.2) is 38.5 Å². The molecule has 2 N–H and O–H groups in total. The van der Waals surface area contributed by atoms with Crippen molar-refractivity contribution in [3.63, 3.8) is 0 Å². The lowest BCUT2D eigenvalue weighted by atomic mass is 9.95. The highest BCUT2D eigenvalue weighted by Crippen LogP contribution is 2.45. The van der Waals surface area contributed by atoms with Crippen LogP contribution in [0.5, 0.6) is 5.75 Å². The van der Waals surface area contributed by atoms with Crippen molar-refractivity contribution in [2.45, 2.75) is 57.8 Å². The van der Waals surface area contributed by atoms with Gasteiger partial charge in [-0.25, -0.2) is 4.39 Å². The summed E-state index contributed by atoms with van der Waals surface area (Å²) >= 11 is 0. The number of halogens is 1. The molecule has 8 heteroatoms. The molecule has 2 aromatic rings. The van der Waals surface area contributed by atoms with Crippen LogP contribution >= 0.6 is 0 Å². The predicted molar refractivity (Wildman–Crippen MR) is 110 cm³/mol. The zero-order valence-electron chi connectivity index (χ0n) is 17.4. The standard InChI is InChI=1S/C23H24FN3O4/c1-11-3-6-15(17(24)7-11)12(2)25-22(30)16-9-26-10-18-13-4-5-14(8-13)27(18)23(31)19(26)21(29)20(16)28/h3,6-7,9,12-14,18,29H,4-5,8,10H2,1-2H3,(H,25,30)/t12-,13-,14+,18+/m1/s1. The first-order valence-corrected chi connectivity index (χ1v) is 10.6. The number of amides is 2. The lowest BCUT2D eigenvalue weighted by Gasteiger charge is -2.40. The second-order valence-electron chi connectivity index (χ2n) is 8.95. The number of pyridine rings is 1. The minimum absolute atomic E-state index is 0.0251. The van der Waals surface area contributed by atoms with Crippen molar-refractivity contribution in [1.82, 2.24) is 14.8 Å². The SMILES string of the molecule is Cc1ccc([C@@H](C)NC(=O)c2cn3c(c(O)c2=O)C(=O)N2[C@H]4CC[C@H](C4)[C@@H]2C3)c(F)c1. The van der Waals surface area contributed by atoms with Crippen LogP contribution in [0.25, 0.3) is 0 Å². The number of piperidine rings is 1. The number of fused-ring (bicyclic) bond motifs is 6. The van der Waals surface area contributed by atoms with Gasteiger partial charge in [-0.2, -0.15) is 0 Å². The predicted octanol–water partition coefficient (Wildman–Crippen LogP) is 2.50. The van der Waals surface area contributed by atoms with E-state index in [0.717, 1.165) is 24.8 Å². The van der Waals surface area contributed by atoms with Crippen molar-refractivity contribution in [3.8, 4) is 5.75 Å². The Bertz CT molecular complexity index is 1170. The first kappa shape index (κ1) is 19.8. The molecule has 0 radical (unpaired) electrons. The summed E-state index contributed by atoms with van der Waals surface area (Å²) in [5.74, 6) is -1.80. The third kappa shape index (κ3) is 2.96. The molecule has 4 atom stereocenters. The van der Waals surface area contributed by atoms with Crippen molar-refractivity contribution in [2.24, 2.45) is 5.92 Å². The average molecular weight is 425 g/mol. The monoisotopic (exact) mass is 425 g/mol. The van der Waals surface area contributed by atoms with E-state index in [1.165, 1.54) is 16.8 Å². The van der Waals surface area contributed by atoms with Gasteiger partial charge < -0.3 is 19.9 Å². The number of nitrogens with one attached hydrogen (secondary N) is 1. The van der Waals surface area contributed by atoms with E-state index in [0.29, 0.717) is 18.0 Å². The molecule has 1 aliphatic carbocycles. The topological polar surface area (TPSA) is 91.6 Å². The third-order valence-corrected chi connectivity index (χ3v) is 7.03. The van der Waals surface area contributed by atoms with Gasteiger partial charge in [-0.05, 0) is 50.7 Å². The van der Waals surface area contributed by atoms with Crippen LogP contribution in [0.3, 0.4) is 0 Å². The summed E-state index contributed by atoms with van der Waals surface area (Å²) in [6.07, 6.45) is 4.31. The van der Waals surface area contributed by atoms with E-state index >= 15 is 0 Å². The third-order valence-electron chi connectivity index (χ3n) is 7.03. The Hall–Kier alpha value is -3.16. The van der Waals surface area contributed by atoms with Crippen molar-refractivity contribution >= 4 is 11.8 Å². The fourth-order valence-corrected chi connectivity index (χ4v) is 5.48. The lowest BCUT2D eigenvalue weighted by molar-refractivity contribution is 0.0482. The van der Waals surface area contributed by atoms with Gasteiger partial charge in [0.2, 0.25) is 5.43 Å². The van der Waals surface area contributed by atoms with Crippen LogP contribution in [0.2, 0.25) is 0 Å². The molecule has 3 aliphatic rings. The number of carbonyl (C=O) groups is 2.